The van der Waals surface area contributed by atoms with E-state index in [1.54, 1.807) is 0 Å². The van der Waals surface area contributed by atoms with E-state index in [1.807, 2.05) is 37.1 Å². The molecule has 0 aliphatic carbocycles. The summed E-state index contributed by atoms with van der Waals surface area (Å²) in [7, 11) is 4.08. The van der Waals surface area contributed by atoms with Gasteiger partial charge in [-0.2, -0.15) is 5.10 Å². The predicted octanol–water partition coefficient (Wildman–Crippen LogP) is 3.09. The molecule has 0 radical (unpaired) electrons. The molecule has 0 aliphatic heterocycles. The van der Waals surface area contributed by atoms with Gasteiger partial charge in [-0.05, 0) is 30.3 Å². The van der Waals surface area contributed by atoms with Crippen LogP contribution in [0.2, 0.25) is 0 Å². The van der Waals surface area contributed by atoms with Gasteiger partial charge >= 0.3 is 0 Å². The molecule has 0 fully saturated rings. The van der Waals surface area contributed by atoms with Crippen LogP contribution >= 0.6 is 0 Å². The van der Waals surface area contributed by atoms with E-state index in [0.717, 1.165) is 16.6 Å². The first-order valence-electron chi connectivity index (χ1n) is 5.96. The third-order valence-corrected chi connectivity index (χ3v) is 3.09. The zero-order valence-electron chi connectivity index (χ0n) is 10.5. The van der Waals surface area contributed by atoms with Crippen molar-refractivity contribution in [3.63, 3.8) is 0 Å². The zero-order chi connectivity index (χ0) is 12.5. The summed E-state index contributed by atoms with van der Waals surface area (Å²) < 4.78 is 1.97. The van der Waals surface area contributed by atoms with E-state index in [-0.39, 0.29) is 0 Å². The number of nitrogens with zero attached hydrogens (tertiary/aromatic N) is 3. The Bertz CT molecular complexity index is 666. The second-order valence-corrected chi connectivity index (χ2v) is 4.53. The highest BCUT2D eigenvalue weighted by Crippen LogP contribution is 2.20. The molecular weight excluding hydrogens is 222 g/mol. The molecule has 0 N–H and O–H groups in total. The Labute approximate surface area is 106 Å². The maximum Gasteiger partial charge on any atom is 0.0741 e. The smallest absolute Gasteiger partial charge is 0.0741 e. The molecule has 3 nitrogen and oxygen atoms in total. The average molecular weight is 237 g/mol. The number of hydrogen-bond acceptors (Lipinski definition) is 2. The summed E-state index contributed by atoms with van der Waals surface area (Å²) in [6.45, 7) is 0. The van der Waals surface area contributed by atoms with Crippen molar-refractivity contribution < 1.29 is 0 Å². The van der Waals surface area contributed by atoms with E-state index in [9.17, 15) is 0 Å². The predicted molar refractivity (Wildman–Crippen MR) is 75.4 cm³/mol. The SMILES string of the molecule is CN(C)c1ccc(-n2ncc3ccccc32)cc1. The van der Waals surface area contributed by atoms with Gasteiger partial charge in [-0.15, -0.1) is 0 Å². The summed E-state index contributed by atoms with van der Waals surface area (Å²) in [6.07, 6.45) is 1.90. The Morgan fingerprint density at radius 2 is 1.67 bits per heavy atom. The van der Waals surface area contributed by atoms with Crippen molar-refractivity contribution in [3.05, 3.63) is 54.7 Å². The molecule has 1 heterocycles. The van der Waals surface area contributed by atoms with Gasteiger partial charge in [0.15, 0.2) is 0 Å². The fourth-order valence-corrected chi connectivity index (χ4v) is 2.07. The van der Waals surface area contributed by atoms with E-state index >= 15 is 0 Å². The normalized spacial score (nSPS) is 10.8. The molecular formula is C15H15N3. The van der Waals surface area contributed by atoms with Gasteiger partial charge in [0, 0.05) is 25.2 Å². The van der Waals surface area contributed by atoms with Crippen LogP contribution in [0.1, 0.15) is 0 Å². The molecule has 1 aromatic heterocycles. The van der Waals surface area contributed by atoms with Crippen molar-refractivity contribution in [2.45, 2.75) is 0 Å². The van der Waals surface area contributed by atoms with Gasteiger partial charge in [-0.3, -0.25) is 0 Å². The van der Waals surface area contributed by atoms with Crippen LogP contribution in [0.25, 0.3) is 16.6 Å². The van der Waals surface area contributed by atoms with Gasteiger partial charge in [0.05, 0.1) is 17.4 Å². The van der Waals surface area contributed by atoms with E-state index < -0.39 is 0 Å². The summed E-state index contributed by atoms with van der Waals surface area (Å²) in [6, 6.07) is 16.6. The summed E-state index contributed by atoms with van der Waals surface area (Å²) in [4.78, 5) is 2.09. The van der Waals surface area contributed by atoms with Crippen LogP contribution in [0.3, 0.4) is 0 Å². The Kier molecular flexibility index (Phi) is 2.52. The molecule has 0 saturated heterocycles. The number of anilines is 1. The number of aromatic nitrogens is 2. The fourth-order valence-electron chi connectivity index (χ4n) is 2.07. The highest BCUT2D eigenvalue weighted by Gasteiger charge is 2.04. The lowest BCUT2D eigenvalue weighted by atomic mass is 10.2. The van der Waals surface area contributed by atoms with Crippen LogP contribution in [0.15, 0.2) is 54.7 Å². The molecule has 0 atom stereocenters. The Morgan fingerprint density at radius 1 is 0.944 bits per heavy atom. The van der Waals surface area contributed by atoms with Gasteiger partial charge < -0.3 is 4.90 Å². The summed E-state index contributed by atoms with van der Waals surface area (Å²) >= 11 is 0. The molecule has 3 rings (SSSR count). The minimum Gasteiger partial charge on any atom is -0.378 e. The highest BCUT2D eigenvalue weighted by atomic mass is 15.3. The van der Waals surface area contributed by atoms with Gasteiger partial charge in [0.1, 0.15) is 0 Å². The van der Waals surface area contributed by atoms with Crippen LogP contribution in [0.4, 0.5) is 5.69 Å². The van der Waals surface area contributed by atoms with Crippen molar-refractivity contribution in [2.24, 2.45) is 0 Å². The molecule has 3 heteroatoms. The van der Waals surface area contributed by atoms with Crippen molar-refractivity contribution in [1.82, 2.24) is 9.78 Å². The molecule has 0 amide bonds. The van der Waals surface area contributed by atoms with Crippen LogP contribution in [0.5, 0.6) is 0 Å². The summed E-state index contributed by atoms with van der Waals surface area (Å²) in [5.41, 5.74) is 3.41. The Balaban J connectivity index is 2.09. The first-order valence-corrected chi connectivity index (χ1v) is 5.96. The van der Waals surface area contributed by atoms with Crippen molar-refractivity contribution in [1.29, 1.82) is 0 Å². The van der Waals surface area contributed by atoms with Crippen molar-refractivity contribution >= 4 is 16.6 Å². The number of para-hydroxylation sites is 1. The molecule has 0 aliphatic rings. The summed E-state index contributed by atoms with van der Waals surface area (Å²) in [5.74, 6) is 0. The van der Waals surface area contributed by atoms with Crippen molar-refractivity contribution in [3.8, 4) is 5.69 Å². The molecule has 0 saturated carbocycles. The van der Waals surface area contributed by atoms with Gasteiger partial charge in [-0.1, -0.05) is 18.2 Å². The molecule has 0 bridgehead atoms. The van der Waals surface area contributed by atoms with Crippen LogP contribution in [0, 0.1) is 0 Å². The Hall–Kier alpha value is -2.29. The highest BCUT2D eigenvalue weighted by molar-refractivity contribution is 5.80. The molecule has 2 aromatic carbocycles. The van der Waals surface area contributed by atoms with Gasteiger partial charge in [-0.25, -0.2) is 4.68 Å². The first kappa shape index (κ1) is 10.8. The maximum atomic E-state index is 4.44. The molecule has 0 spiro atoms. The monoisotopic (exact) mass is 237 g/mol. The fraction of sp³-hybridized carbons (Fsp3) is 0.133. The lowest BCUT2D eigenvalue weighted by Crippen LogP contribution is -2.08. The third kappa shape index (κ3) is 1.74. The topological polar surface area (TPSA) is 21.1 Å². The molecule has 0 unspecified atom stereocenters. The van der Waals surface area contributed by atoms with Gasteiger partial charge in [0.25, 0.3) is 0 Å². The third-order valence-electron chi connectivity index (χ3n) is 3.09. The van der Waals surface area contributed by atoms with E-state index in [1.165, 1.54) is 5.69 Å². The number of rotatable bonds is 2. The lowest BCUT2D eigenvalue weighted by molar-refractivity contribution is 0.910. The minimum atomic E-state index is 1.09. The van der Waals surface area contributed by atoms with E-state index in [0.29, 0.717) is 0 Å². The molecule has 3 aromatic rings. The van der Waals surface area contributed by atoms with E-state index in [2.05, 4.69) is 46.4 Å². The molecule has 90 valence electrons. The van der Waals surface area contributed by atoms with Crippen molar-refractivity contribution in [2.75, 3.05) is 19.0 Å². The molecule has 18 heavy (non-hydrogen) atoms. The number of fused-ring (bicyclic) bond motifs is 1. The minimum absolute atomic E-state index is 1.09. The van der Waals surface area contributed by atoms with Crippen LogP contribution in [-0.2, 0) is 0 Å². The number of benzene rings is 2. The quantitative estimate of drug-likeness (QED) is 0.683. The van der Waals surface area contributed by atoms with Gasteiger partial charge in [0.2, 0.25) is 0 Å². The second-order valence-electron chi connectivity index (χ2n) is 4.53. The van der Waals surface area contributed by atoms with Crippen LogP contribution in [-0.4, -0.2) is 23.9 Å². The first-order chi connectivity index (χ1) is 8.75. The maximum absolute atomic E-state index is 4.44. The standard InChI is InChI=1S/C15H15N3/c1-17(2)13-7-9-14(10-8-13)18-15-6-4-3-5-12(15)11-16-18/h3-11H,1-2H3. The Morgan fingerprint density at radius 3 is 2.39 bits per heavy atom. The number of hydrogen-bond donors (Lipinski definition) is 0. The second kappa shape index (κ2) is 4.18. The average Bonchev–Trinajstić information content (AvgIpc) is 2.82. The van der Waals surface area contributed by atoms with Crippen LogP contribution < -0.4 is 4.90 Å². The lowest BCUT2D eigenvalue weighted by Gasteiger charge is -2.12. The summed E-state index contributed by atoms with van der Waals surface area (Å²) in [5, 5.41) is 5.60. The largest absolute Gasteiger partial charge is 0.378 e. The zero-order valence-corrected chi connectivity index (χ0v) is 10.5. The van der Waals surface area contributed by atoms with E-state index in [4.69, 9.17) is 0 Å².